The van der Waals surface area contributed by atoms with Gasteiger partial charge in [0.15, 0.2) is 0 Å². The molecule has 1 amide bonds. The zero-order chi connectivity index (χ0) is 13.8. The number of nitrogens with zero attached hydrogens (tertiary/aromatic N) is 2. The number of aliphatic hydroxyl groups is 1. The standard InChI is InChI=1S/C14H18N2O2/c1-4-16(10-14(2,3)18)13(17)12-7-5-6-11(8-12)9-15/h5-8,18H,4,10H2,1-3H3. The van der Waals surface area contributed by atoms with E-state index in [2.05, 4.69) is 0 Å². The van der Waals surface area contributed by atoms with Crippen molar-refractivity contribution in [2.45, 2.75) is 26.4 Å². The summed E-state index contributed by atoms with van der Waals surface area (Å²) < 4.78 is 0. The number of hydrogen-bond donors (Lipinski definition) is 1. The lowest BCUT2D eigenvalue weighted by Gasteiger charge is -2.28. The molecule has 0 atom stereocenters. The fraction of sp³-hybridized carbons (Fsp3) is 0.429. The normalized spacial score (nSPS) is 10.8. The maximum Gasteiger partial charge on any atom is 0.253 e. The predicted molar refractivity (Wildman–Crippen MR) is 69.0 cm³/mol. The molecule has 4 nitrogen and oxygen atoms in total. The second kappa shape index (κ2) is 5.65. The Kier molecular flexibility index (Phi) is 4.46. The van der Waals surface area contributed by atoms with Crippen LogP contribution in [0.3, 0.4) is 0 Å². The van der Waals surface area contributed by atoms with Crippen molar-refractivity contribution in [3.8, 4) is 6.07 Å². The molecule has 1 aromatic rings. The van der Waals surface area contributed by atoms with E-state index in [0.717, 1.165) is 0 Å². The molecule has 1 rings (SSSR count). The van der Waals surface area contributed by atoms with E-state index in [1.165, 1.54) is 0 Å². The van der Waals surface area contributed by atoms with E-state index >= 15 is 0 Å². The number of carbonyl (C=O) groups excluding carboxylic acids is 1. The van der Waals surface area contributed by atoms with E-state index < -0.39 is 5.60 Å². The summed E-state index contributed by atoms with van der Waals surface area (Å²) in [6.07, 6.45) is 0. The van der Waals surface area contributed by atoms with Gasteiger partial charge in [-0.25, -0.2) is 0 Å². The van der Waals surface area contributed by atoms with Crippen LogP contribution in [0.15, 0.2) is 24.3 Å². The molecule has 0 aromatic heterocycles. The third kappa shape index (κ3) is 3.86. The average Bonchev–Trinajstić information content (AvgIpc) is 2.34. The van der Waals surface area contributed by atoms with Crippen molar-refractivity contribution >= 4 is 5.91 Å². The van der Waals surface area contributed by atoms with Crippen molar-refractivity contribution in [3.05, 3.63) is 35.4 Å². The lowest BCUT2D eigenvalue weighted by atomic mass is 10.1. The number of rotatable bonds is 4. The maximum atomic E-state index is 12.2. The summed E-state index contributed by atoms with van der Waals surface area (Å²) in [6.45, 7) is 5.96. The summed E-state index contributed by atoms with van der Waals surface area (Å²) >= 11 is 0. The van der Waals surface area contributed by atoms with Crippen LogP contribution in [0, 0.1) is 11.3 Å². The summed E-state index contributed by atoms with van der Waals surface area (Å²) in [5, 5.41) is 18.6. The van der Waals surface area contributed by atoms with Gasteiger partial charge in [0.05, 0.1) is 17.2 Å². The first-order valence-corrected chi connectivity index (χ1v) is 5.89. The quantitative estimate of drug-likeness (QED) is 0.881. The van der Waals surface area contributed by atoms with Crippen LogP contribution in [0.2, 0.25) is 0 Å². The van der Waals surface area contributed by atoms with Gasteiger partial charge in [-0.2, -0.15) is 5.26 Å². The molecular weight excluding hydrogens is 228 g/mol. The molecule has 1 aromatic carbocycles. The second-order valence-electron chi connectivity index (χ2n) is 4.82. The Morgan fingerprint density at radius 2 is 2.17 bits per heavy atom. The number of hydrogen-bond acceptors (Lipinski definition) is 3. The van der Waals surface area contributed by atoms with Gasteiger partial charge in [0.2, 0.25) is 0 Å². The van der Waals surface area contributed by atoms with Gasteiger partial charge < -0.3 is 10.0 Å². The molecule has 96 valence electrons. The van der Waals surface area contributed by atoms with E-state index in [4.69, 9.17) is 5.26 Å². The minimum absolute atomic E-state index is 0.170. The van der Waals surface area contributed by atoms with E-state index in [-0.39, 0.29) is 12.5 Å². The molecule has 0 fully saturated rings. The maximum absolute atomic E-state index is 12.2. The summed E-state index contributed by atoms with van der Waals surface area (Å²) in [5.41, 5.74) is -0.00119. The van der Waals surface area contributed by atoms with Crippen LogP contribution >= 0.6 is 0 Å². The Balaban J connectivity index is 2.93. The molecule has 0 bridgehead atoms. The molecule has 0 spiro atoms. The second-order valence-corrected chi connectivity index (χ2v) is 4.82. The van der Waals surface area contributed by atoms with Gasteiger partial charge in [0.25, 0.3) is 5.91 Å². The molecule has 0 radical (unpaired) electrons. The smallest absolute Gasteiger partial charge is 0.253 e. The molecule has 18 heavy (non-hydrogen) atoms. The molecule has 0 aliphatic carbocycles. The Morgan fingerprint density at radius 1 is 1.50 bits per heavy atom. The summed E-state index contributed by atoms with van der Waals surface area (Å²) in [6, 6.07) is 8.59. The summed E-state index contributed by atoms with van der Waals surface area (Å²) in [4.78, 5) is 13.8. The monoisotopic (exact) mass is 246 g/mol. The topological polar surface area (TPSA) is 64.3 Å². The van der Waals surface area contributed by atoms with Crippen LogP contribution in [0.5, 0.6) is 0 Å². The minimum Gasteiger partial charge on any atom is -0.389 e. The highest BCUT2D eigenvalue weighted by Crippen LogP contribution is 2.11. The minimum atomic E-state index is -0.932. The highest BCUT2D eigenvalue weighted by molar-refractivity contribution is 5.94. The van der Waals surface area contributed by atoms with Crippen LogP contribution in [-0.2, 0) is 0 Å². The Hall–Kier alpha value is -1.86. The number of benzene rings is 1. The molecule has 0 aliphatic rings. The van der Waals surface area contributed by atoms with Crippen molar-refractivity contribution in [2.75, 3.05) is 13.1 Å². The zero-order valence-electron chi connectivity index (χ0n) is 11.0. The van der Waals surface area contributed by atoms with Gasteiger partial charge in [-0.05, 0) is 39.0 Å². The number of carbonyl (C=O) groups is 1. The molecule has 4 heteroatoms. The molecule has 0 aliphatic heterocycles. The SMILES string of the molecule is CCN(CC(C)(C)O)C(=O)c1cccc(C#N)c1. The Labute approximate surface area is 107 Å². The van der Waals surface area contributed by atoms with Gasteiger partial charge in [-0.3, -0.25) is 4.79 Å². The zero-order valence-corrected chi connectivity index (χ0v) is 11.0. The van der Waals surface area contributed by atoms with Crippen molar-refractivity contribution in [2.24, 2.45) is 0 Å². The Bertz CT molecular complexity index is 469. The first-order valence-electron chi connectivity index (χ1n) is 5.89. The van der Waals surface area contributed by atoms with Gasteiger partial charge >= 0.3 is 0 Å². The predicted octanol–water partition coefficient (Wildman–Crippen LogP) is 1.79. The molecule has 0 saturated heterocycles. The molecule has 0 heterocycles. The molecule has 1 N–H and O–H groups in total. The number of likely N-dealkylation sites (N-methyl/N-ethyl adjacent to an activating group) is 1. The molecular formula is C14H18N2O2. The van der Waals surface area contributed by atoms with Crippen LogP contribution < -0.4 is 0 Å². The third-order valence-corrected chi connectivity index (χ3v) is 2.49. The van der Waals surface area contributed by atoms with Crippen molar-refractivity contribution in [1.29, 1.82) is 5.26 Å². The number of nitriles is 1. The van der Waals surface area contributed by atoms with Crippen molar-refractivity contribution in [1.82, 2.24) is 4.90 Å². The fourth-order valence-electron chi connectivity index (χ4n) is 1.70. The average molecular weight is 246 g/mol. The van der Waals surface area contributed by atoms with E-state index in [9.17, 15) is 9.90 Å². The van der Waals surface area contributed by atoms with E-state index in [1.807, 2.05) is 13.0 Å². The molecule has 0 unspecified atom stereocenters. The highest BCUT2D eigenvalue weighted by Gasteiger charge is 2.22. The fourth-order valence-corrected chi connectivity index (χ4v) is 1.70. The first-order chi connectivity index (χ1) is 8.37. The molecule has 0 saturated carbocycles. The first kappa shape index (κ1) is 14.2. The van der Waals surface area contributed by atoms with Crippen LogP contribution in [0.4, 0.5) is 0 Å². The van der Waals surface area contributed by atoms with E-state index in [0.29, 0.717) is 17.7 Å². The number of amides is 1. The largest absolute Gasteiger partial charge is 0.389 e. The summed E-state index contributed by atoms with van der Waals surface area (Å²) in [5.74, 6) is -0.170. The van der Waals surface area contributed by atoms with Crippen molar-refractivity contribution < 1.29 is 9.90 Å². The lowest BCUT2D eigenvalue weighted by molar-refractivity contribution is 0.0314. The summed E-state index contributed by atoms with van der Waals surface area (Å²) in [7, 11) is 0. The Morgan fingerprint density at radius 3 is 2.67 bits per heavy atom. The highest BCUT2D eigenvalue weighted by atomic mass is 16.3. The van der Waals surface area contributed by atoms with Crippen LogP contribution in [0.25, 0.3) is 0 Å². The van der Waals surface area contributed by atoms with Crippen LogP contribution in [0.1, 0.15) is 36.7 Å². The van der Waals surface area contributed by atoms with Gasteiger partial charge in [-0.15, -0.1) is 0 Å². The van der Waals surface area contributed by atoms with E-state index in [1.54, 1.807) is 43.0 Å². The van der Waals surface area contributed by atoms with Crippen molar-refractivity contribution in [3.63, 3.8) is 0 Å². The van der Waals surface area contributed by atoms with Crippen LogP contribution in [-0.4, -0.2) is 34.6 Å². The van der Waals surface area contributed by atoms with Gasteiger partial charge in [-0.1, -0.05) is 6.07 Å². The third-order valence-electron chi connectivity index (χ3n) is 2.49. The van der Waals surface area contributed by atoms with Gasteiger partial charge in [0.1, 0.15) is 0 Å². The lowest BCUT2D eigenvalue weighted by Crippen LogP contribution is -2.42. The van der Waals surface area contributed by atoms with Gasteiger partial charge in [0, 0.05) is 18.7 Å².